The summed E-state index contributed by atoms with van der Waals surface area (Å²) in [5.41, 5.74) is 6.15. The van der Waals surface area contributed by atoms with Gasteiger partial charge in [0.2, 0.25) is 10.0 Å². The summed E-state index contributed by atoms with van der Waals surface area (Å²) in [6, 6.07) is 3.64. The molecule has 1 aromatic heterocycles. The van der Waals surface area contributed by atoms with Crippen LogP contribution < -0.4 is 10.5 Å². The van der Waals surface area contributed by atoms with E-state index in [1.165, 1.54) is 18.5 Å². The number of carbonyl (C=O) groups is 1. The summed E-state index contributed by atoms with van der Waals surface area (Å²) >= 11 is 0. The molecule has 0 radical (unpaired) electrons. The maximum Gasteiger partial charge on any atom is 0.337 e. The number of rotatable bonds is 6. The van der Waals surface area contributed by atoms with E-state index in [1.54, 1.807) is 6.20 Å². The third-order valence-electron chi connectivity index (χ3n) is 2.77. The van der Waals surface area contributed by atoms with Crippen molar-refractivity contribution in [2.45, 2.75) is 11.3 Å². The molecule has 0 saturated carbocycles. The number of benzene rings is 1. The number of aromatic amines is 1. The Morgan fingerprint density at radius 1 is 1.43 bits per heavy atom. The van der Waals surface area contributed by atoms with E-state index < -0.39 is 16.0 Å². The molecule has 2 aromatic rings. The van der Waals surface area contributed by atoms with Crippen molar-refractivity contribution in [3.05, 3.63) is 42.0 Å². The van der Waals surface area contributed by atoms with Crippen LogP contribution in [0.1, 0.15) is 16.1 Å². The van der Waals surface area contributed by atoms with Crippen molar-refractivity contribution < 1.29 is 18.3 Å². The zero-order valence-electron chi connectivity index (χ0n) is 10.9. The maximum atomic E-state index is 12.2. The average Bonchev–Trinajstić information content (AvgIpc) is 2.91. The van der Waals surface area contributed by atoms with E-state index in [2.05, 4.69) is 14.7 Å². The first-order valence-electron chi connectivity index (χ1n) is 6.00. The minimum Gasteiger partial charge on any atom is -0.478 e. The number of nitrogen functional groups attached to an aromatic ring is 1. The second-order valence-corrected chi connectivity index (χ2v) is 6.02. The van der Waals surface area contributed by atoms with Crippen LogP contribution in [0.5, 0.6) is 0 Å². The monoisotopic (exact) mass is 310 g/mol. The molecular formula is C12H14N4O4S. The Hall–Kier alpha value is -2.39. The molecule has 21 heavy (non-hydrogen) atoms. The third-order valence-corrected chi connectivity index (χ3v) is 4.27. The molecule has 0 unspecified atom stereocenters. The molecule has 8 nitrogen and oxygen atoms in total. The number of aromatic carboxylic acids is 1. The number of hydrogen-bond donors (Lipinski definition) is 4. The Balaban J connectivity index is 2.19. The molecule has 0 bridgehead atoms. The molecule has 9 heteroatoms. The third kappa shape index (κ3) is 3.58. The first-order chi connectivity index (χ1) is 9.90. The number of hydrogen-bond acceptors (Lipinski definition) is 5. The predicted octanol–water partition coefficient (Wildman–Crippen LogP) is 0.211. The first kappa shape index (κ1) is 15.0. The predicted molar refractivity (Wildman–Crippen MR) is 75.3 cm³/mol. The summed E-state index contributed by atoms with van der Waals surface area (Å²) in [4.78, 5) is 17.4. The van der Waals surface area contributed by atoms with Crippen molar-refractivity contribution in [3.8, 4) is 0 Å². The van der Waals surface area contributed by atoms with Gasteiger partial charge in [0.05, 0.1) is 16.8 Å². The van der Waals surface area contributed by atoms with Gasteiger partial charge in [-0.15, -0.1) is 0 Å². The number of nitrogens with zero attached hydrogens (tertiary/aromatic N) is 1. The molecule has 0 aliphatic heterocycles. The molecule has 1 heterocycles. The Kier molecular flexibility index (Phi) is 4.24. The molecule has 2 rings (SSSR count). The Morgan fingerprint density at radius 3 is 2.81 bits per heavy atom. The van der Waals surface area contributed by atoms with E-state index in [0.29, 0.717) is 6.42 Å². The van der Waals surface area contributed by atoms with Gasteiger partial charge in [0, 0.05) is 30.5 Å². The number of nitrogens with one attached hydrogen (secondary N) is 2. The smallest absolute Gasteiger partial charge is 0.337 e. The summed E-state index contributed by atoms with van der Waals surface area (Å²) in [7, 11) is -3.96. The number of aromatic nitrogens is 2. The molecule has 5 N–H and O–H groups in total. The highest BCUT2D eigenvalue weighted by molar-refractivity contribution is 7.89. The zero-order chi connectivity index (χ0) is 15.5. The minimum atomic E-state index is -3.96. The van der Waals surface area contributed by atoms with Gasteiger partial charge < -0.3 is 15.8 Å². The van der Waals surface area contributed by atoms with Crippen LogP contribution >= 0.6 is 0 Å². The molecule has 0 atom stereocenters. The Morgan fingerprint density at radius 2 is 2.19 bits per heavy atom. The number of imidazole rings is 1. The van der Waals surface area contributed by atoms with Gasteiger partial charge in [-0.05, 0) is 18.2 Å². The Labute approximate surface area is 121 Å². The van der Waals surface area contributed by atoms with Crippen LogP contribution in [0.4, 0.5) is 5.69 Å². The summed E-state index contributed by atoms with van der Waals surface area (Å²) in [6.07, 6.45) is 3.48. The SMILES string of the molecule is Nc1ccc(C(=O)O)c(S(=O)(=O)NCCc2cnc[nH]2)c1. The van der Waals surface area contributed by atoms with E-state index in [0.717, 1.165) is 11.8 Å². The summed E-state index contributed by atoms with van der Waals surface area (Å²) in [5.74, 6) is -1.33. The lowest BCUT2D eigenvalue weighted by molar-refractivity contribution is 0.0692. The van der Waals surface area contributed by atoms with Crippen molar-refractivity contribution >= 4 is 21.7 Å². The Bertz CT molecular complexity index is 741. The highest BCUT2D eigenvalue weighted by Gasteiger charge is 2.22. The zero-order valence-corrected chi connectivity index (χ0v) is 11.7. The molecule has 0 aliphatic rings. The fraction of sp³-hybridized carbons (Fsp3) is 0.167. The molecule has 0 amide bonds. The van der Waals surface area contributed by atoms with Gasteiger partial charge in [0.15, 0.2) is 0 Å². The molecular weight excluding hydrogens is 296 g/mol. The van der Waals surface area contributed by atoms with Crippen LogP contribution in [0, 0.1) is 0 Å². The van der Waals surface area contributed by atoms with E-state index in [9.17, 15) is 13.2 Å². The molecule has 0 fully saturated rings. The van der Waals surface area contributed by atoms with Crippen LogP contribution in [-0.4, -0.2) is 36.0 Å². The van der Waals surface area contributed by atoms with Crippen LogP contribution in [0.15, 0.2) is 35.6 Å². The first-order valence-corrected chi connectivity index (χ1v) is 7.48. The largest absolute Gasteiger partial charge is 0.478 e. The van der Waals surface area contributed by atoms with E-state index in [1.807, 2.05) is 0 Å². The van der Waals surface area contributed by atoms with Crippen LogP contribution in [0.2, 0.25) is 0 Å². The van der Waals surface area contributed by atoms with Gasteiger partial charge in [-0.3, -0.25) is 0 Å². The fourth-order valence-corrected chi connectivity index (χ4v) is 3.02. The van der Waals surface area contributed by atoms with Gasteiger partial charge in [0.25, 0.3) is 0 Å². The highest BCUT2D eigenvalue weighted by atomic mass is 32.2. The highest BCUT2D eigenvalue weighted by Crippen LogP contribution is 2.19. The maximum absolute atomic E-state index is 12.2. The van der Waals surface area contributed by atoms with Gasteiger partial charge >= 0.3 is 5.97 Å². The minimum absolute atomic E-state index is 0.110. The van der Waals surface area contributed by atoms with Crippen molar-refractivity contribution in [2.75, 3.05) is 12.3 Å². The van der Waals surface area contributed by atoms with Gasteiger partial charge in [-0.1, -0.05) is 0 Å². The van der Waals surface area contributed by atoms with E-state index in [-0.39, 0.29) is 22.7 Å². The number of H-pyrrole nitrogens is 1. The molecule has 112 valence electrons. The van der Waals surface area contributed by atoms with Crippen LogP contribution in [-0.2, 0) is 16.4 Å². The van der Waals surface area contributed by atoms with Crippen LogP contribution in [0.3, 0.4) is 0 Å². The number of carboxylic acids is 1. The lowest BCUT2D eigenvalue weighted by Gasteiger charge is -2.09. The summed E-state index contributed by atoms with van der Waals surface area (Å²) < 4.78 is 26.7. The van der Waals surface area contributed by atoms with Crippen molar-refractivity contribution in [3.63, 3.8) is 0 Å². The quantitative estimate of drug-likeness (QED) is 0.563. The van der Waals surface area contributed by atoms with Crippen molar-refractivity contribution in [2.24, 2.45) is 0 Å². The summed E-state index contributed by atoms with van der Waals surface area (Å²) in [6.45, 7) is 0.110. The number of sulfonamides is 1. The topological polar surface area (TPSA) is 138 Å². The normalized spacial score (nSPS) is 11.4. The van der Waals surface area contributed by atoms with E-state index in [4.69, 9.17) is 10.8 Å². The lowest BCUT2D eigenvalue weighted by atomic mass is 10.2. The van der Waals surface area contributed by atoms with Gasteiger partial charge in [-0.25, -0.2) is 22.9 Å². The molecule has 0 aliphatic carbocycles. The number of carboxylic acid groups (broad SMARTS) is 1. The fourth-order valence-electron chi connectivity index (χ4n) is 1.76. The molecule has 0 spiro atoms. The summed E-state index contributed by atoms with van der Waals surface area (Å²) in [5, 5.41) is 9.05. The van der Waals surface area contributed by atoms with Gasteiger partial charge in [-0.2, -0.15) is 0 Å². The number of anilines is 1. The number of nitrogens with two attached hydrogens (primary N) is 1. The second-order valence-electron chi connectivity index (χ2n) is 4.29. The van der Waals surface area contributed by atoms with E-state index >= 15 is 0 Å². The van der Waals surface area contributed by atoms with Crippen molar-refractivity contribution in [1.29, 1.82) is 0 Å². The second kappa shape index (κ2) is 5.94. The molecule has 0 saturated heterocycles. The average molecular weight is 310 g/mol. The lowest BCUT2D eigenvalue weighted by Crippen LogP contribution is -2.27. The standard InChI is InChI=1S/C12H14N4O4S/c13-8-1-2-10(12(17)18)11(5-8)21(19,20)16-4-3-9-6-14-7-15-9/h1-2,5-7,16H,3-4,13H2,(H,14,15)(H,17,18). The van der Waals surface area contributed by atoms with Crippen molar-refractivity contribution in [1.82, 2.24) is 14.7 Å². The van der Waals surface area contributed by atoms with Crippen LogP contribution in [0.25, 0.3) is 0 Å². The molecule has 1 aromatic carbocycles. The van der Waals surface area contributed by atoms with Gasteiger partial charge in [0.1, 0.15) is 0 Å².